The molecule has 0 aromatic heterocycles. The number of esters is 4. The molecule has 0 saturated carbocycles. The summed E-state index contributed by atoms with van der Waals surface area (Å²) in [6.07, 6.45) is 53.4. The topological polar surface area (TPSA) is 237 Å². The van der Waals surface area contributed by atoms with Gasteiger partial charge < -0.3 is 33.8 Å². The van der Waals surface area contributed by atoms with Gasteiger partial charge in [-0.25, -0.2) is 9.13 Å². The van der Waals surface area contributed by atoms with Crippen LogP contribution in [0.4, 0.5) is 0 Å². The third-order valence-electron chi connectivity index (χ3n) is 15.9. The monoisotopic (exact) mass is 1320 g/mol. The minimum absolute atomic E-state index is 0.0852. The van der Waals surface area contributed by atoms with Crippen LogP contribution >= 0.6 is 15.6 Å². The zero-order valence-corrected chi connectivity index (χ0v) is 59.5. The molecule has 0 radical (unpaired) electrons. The van der Waals surface area contributed by atoms with Crippen molar-refractivity contribution in [2.75, 3.05) is 39.6 Å². The normalized spacial score (nSPS) is 14.2. The molecule has 2 unspecified atom stereocenters. The number of hydrogen-bond acceptors (Lipinski definition) is 15. The van der Waals surface area contributed by atoms with E-state index < -0.39 is 97.5 Å². The summed E-state index contributed by atoms with van der Waals surface area (Å²) in [5.41, 5.74) is 0. The summed E-state index contributed by atoms with van der Waals surface area (Å²) in [5, 5.41) is 10.6. The van der Waals surface area contributed by atoms with Crippen LogP contribution in [0.3, 0.4) is 0 Å². The Bertz CT molecular complexity index is 1830. The Hall–Kier alpha value is -2.46. The number of unbranched alkanes of at least 4 members (excludes halogenated alkanes) is 38. The average Bonchev–Trinajstić information content (AvgIpc) is 3.40. The van der Waals surface area contributed by atoms with Crippen LogP contribution in [0.5, 0.6) is 0 Å². The number of aliphatic hydroxyl groups is 1. The van der Waals surface area contributed by atoms with Crippen molar-refractivity contribution in [3.8, 4) is 0 Å². The number of hydrogen-bond donors (Lipinski definition) is 3. The van der Waals surface area contributed by atoms with E-state index in [4.69, 9.17) is 37.0 Å². The summed E-state index contributed by atoms with van der Waals surface area (Å²) < 4.78 is 68.2. The Morgan fingerprint density at radius 3 is 0.911 bits per heavy atom. The molecule has 0 fully saturated rings. The van der Waals surface area contributed by atoms with Crippen molar-refractivity contribution in [1.82, 2.24) is 0 Å². The molecule has 5 atom stereocenters. The van der Waals surface area contributed by atoms with Crippen molar-refractivity contribution in [3.63, 3.8) is 0 Å². The van der Waals surface area contributed by atoms with Crippen LogP contribution in [0.25, 0.3) is 0 Å². The maximum atomic E-state index is 13.0. The standard InChI is InChI=1S/C71H134O17P2/c1-6-9-12-15-18-21-24-25-26-27-32-37-42-47-52-57-71(76)88-67(61-82-69(74)55-50-45-40-36-31-29-28-30-33-38-43-48-53-64(4)5)63-86-90(79,80)84-59-65(72)58-83-89(77,78)85-62-66(87-70(75)56-51-46-41-35-23-20-17-14-11-8-3)60-81-68(73)54-49-44-39-34-22-19-16-13-10-7-2/h21,24-26,64-67,72H,6-20,22-23,27-63H2,1-5H3,(H,77,78)(H,79,80)/b24-21-,26-25-/t65-,66+,67+/m0/s1. The minimum atomic E-state index is -4.96. The van der Waals surface area contributed by atoms with Crippen LogP contribution in [0.1, 0.15) is 343 Å². The molecular formula is C71H134O17P2. The van der Waals surface area contributed by atoms with Gasteiger partial charge in [0.15, 0.2) is 12.2 Å². The van der Waals surface area contributed by atoms with Crippen LogP contribution in [0.15, 0.2) is 24.3 Å². The molecule has 0 bridgehead atoms. The Balaban J connectivity index is 5.27. The summed E-state index contributed by atoms with van der Waals surface area (Å²) in [6, 6.07) is 0. The largest absolute Gasteiger partial charge is 0.472 e. The molecule has 90 heavy (non-hydrogen) atoms. The highest BCUT2D eigenvalue weighted by Gasteiger charge is 2.30. The van der Waals surface area contributed by atoms with Gasteiger partial charge in [-0.05, 0) is 57.3 Å². The van der Waals surface area contributed by atoms with Gasteiger partial charge >= 0.3 is 39.5 Å². The molecule has 0 rings (SSSR count). The molecule has 0 amide bonds. The highest BCUT2D eigenvalue weighted by atomic mass is 31.2. The Morgan fingerprint density at radius 1 is 0.344 bits per heavy atom. The zero-order chi connectivity index (χ0) is 66.3. The van der Waals surface area contributed by atoms with Crippen LogP contribution in [-0.4, -0.2) is 96.7 Å². The quantitative estimate of drug-likeness (QED) is 0.0169. The van der Waals surface area contributed by atoms with Gasteiger partial charge in [-0.2, -0.15) is 0 Å². The number of aliphatic hydroxyl groups excluding tert-OH is 1. The third kappa shape index (κ3) is 64.3. The minimum Gasteiger partial charge on any atom is -0.462 e. The van der Waals surface area contributed by atoms with Crippen molar-refractivity contribution in [3.05, 3.63) is 24.3 Å². The molecule has 17 nitrogen and oxygen atoms in total. The maximum absolute atomic E-state index is 13.0. The van der Waals surface area contributed by atoms with Crippen LogP contribution in [0.2, 0.25) is 0 Å². The summed E-state index contributed by atoms with van der Waals surface area (Å²) in [5.74, 6) is -1.37. The number of phosphoric acid groups is 2. The predicted octanol–water partition coefficient (Wildman–Crippen LogP) is 20.1. The predicted molar refractivity (Wildman–Crippen MR) is 363 cm³/mol. The molecule has 530 valence electrons. The van der Waals surface area contributed by atoms with Crippen molar-refractivity contribution in [2.24, 2.45) is 5.92 Å². The smallest absolute Gasteiger partial charge is 0.462 e. The van der Waals surface area contributed by atoms with Gasteiger partial charge in [0.25, 0.3) is 0 Å². The molecule has 19 heteroatoms. The first kappa shape index (κ1) is 87.5. The van der Waals surface area contributed by atoms with Gasteiger partial charge in [-0.1, -0.05) is 290 Å². The van der Waals surface area contributed by atoms with Crippen molar-refractivity contribution in [2.45, 2.75) is 361 Å². The van der Waals surface area contributed by atoms with E-state index in [0.717, 1.165) is 109 Å². The van der Waals surface area contributed by atoms with E-state index in [2.05, 4.69) is 58.9 Å². The molecule has 0 spiro atoms. The van der Waals surface area contributed by atoms with E-state index in [9.17, 15) is 43.2 Å². The number of carbonyl (C=O) groups is 4. The van der Waals surface area contributed by atoms with Crippen molar-refractivity contribution in [1.29, 1.82) is 0 Å². The fourth-order valence-corrected chi connectivity index (χ4v) is 11.9. The lowest BCUT2D eigenvalue weighted by Gasteiger charge is -2.21. The van der Waals surface area contributed by atoms with E-state index >= 15 is 0 Å². The number of carbonyl (C=O) groups excluding carboxylic acids is 4. The van der Waals surface area contributed by atoms with Gasteiger partial charge in [-0.3, -0.25) is 37.3 Å². The van der Waals surface area contributed by atoms with Crippen molar-refractivity contribution >= 4 is 39.5 Å². The van der Waals surface area contributed by atoms with Crippen LogP contribution in [-0.2, 0) is 65.4 Å². The lowest BCUT2D eigenvalue weighted by molar-refractivity contribution is -0.161. The first-order chi connectivity index (χ1) is 43.5. The number of allylic oxidation sites excluding steroid dienone is 4. The third-order valence-corrected chi connectivity index (χ3v) is 17.8. The summed E-state index contributed by atoms with van der Waals surface area (Å²) in [6.45, 7) is 7.18. The maximum Gasteiger partial charge on any atom is 0.472 e. The van der Waals surface area contributed by atoms with Gasteiger partial charge in [0, 0.05) is 25.7 Å². The number of rotatable bonds is 69. The Morgan fingerprint density at radius 2 is 0.600 bits per heavy atom. The molecule has 0 aliphatic heterocycles. The van der Waals surface area contributed by atoms with E-state index in [1.807, 2.05) is 0 Å². The fourth-order valence-electron chi connectivity index (χ4n) is 10.3. The average molecular weight is 1320 g/mol. The van der Waals surface area contributed by atoms with Crippen molar-refractivity contribution < 1.29 is 80.2 Å². The highest BCUT2D eigenvalue weighted by molar-refractivity contribution is 7.47. The van der Waals surface area contributed by atoms with Crippen LogP contribution in [0, 0.1) is 5.92 Å². The molecule has 0 aromatic carbocycles. The lowest BCUT2D eigenvalue weighted by Crippen LogP contribution is -2.30. The van der Waals surface area contributed by atoms with E-state index in [0.29, 0.717) is 25.7 Å². The fraction of sp³-hybridized carbons (Fsp3) is 0.887. The number of phosphoric ester groups is 2. The second-order valence-corrected chi connectivity index (χ2v) is 28.3. The van der Waals surface area contributed by atoms with Gasteiger partial charge in [0.2, 0.25) is 0 Å². The molecular weight excluding hydrogens is 1190 g/mol. The highest BCUT2D eigenvalue weighted by Crippen LogP contribution is 2.45. The Labute approximate surface area is 548 Å². The van der Waals surface area contributed by atoms with Gasteiger partial charge in [-0.15, -0.1) is 0 Å². The van der Waals surface area contributed by atoms with Gasteiger partial charge in [0.1, 0.15) is 19.3 Å². The lowest BCUT2D eigenvalue weighted by atomic mass is 10.0. The molecule has 0 aliphatic rings. The number of ether oxygens (including phenoxy) is 4. The summed E-state index contributed by atoms with van der Waals surface area (Å²) in [4.78, 5) is 72.5. The SMILES string of the molecule is CCCCCC/C=C\C=C/CCCCCCCC(=O)O[C@H](COC(=O)CCCCCCCCCCCCCCC(C)C)COP(=O)(O)OC[C@@H](O)COP(=O)(O)OC[C@@H](COC(=O)CCCCCCCCCCCC)OC(=O)CCCCCCCCCCCC. The molecule has 0 aromatic rings. The van der Waals surface area contributed by atoms with E-state index in [-0.39, 0.29) is 25.7 Å². The van der Waals surface area contributed by atoms with E-state index in [1.165, 1.54) is 154 Å². The second kappa shape index (κ2) is 63.9. The molecule has 0 heterocycles. The van der Waals surface area contributed by atoms with Gasteiger partial charge in [0.05, 0.1) is 26.4 Å². The summed E-state index contributed by atoms with van der Waals surface area (Å²) in [7, 11) is -9.91. The Kier molecular flexibility index (Phi) is 62.2. The first-order valence-electron chi connectivity index (χ1n) is 36.5. The summed E-state index contributed by atoms with van der Waals surface area (Å²) >= 11 is 0. The molecule has 0 aliphatic carbocycles. The molecule has 0 saturated heterocycles. The van der Waals surface area contributed by atoms with E-state index in [1.54, 1.807) is 0 Å². The second-order valence-electron chi connectivity index (χ2n) is 25.4. The first-order valence-corrected chi connectivity index (χ1v) is 39.4. The zero-order valence-electron chi connectivity index (χ0n) is 57.8. The molecule has 3 N–H and O–H groups in total. The van der Waals surface area contributed by atoms with Crippen LogP contribution < -0.4 is 0 Å².